The van der Waals surface area contributed by atoms with Gasteiger partial charge >= 0.3 is 0 Å². The summed E-state index contributed by atoms with van der Waals surface area (Å²) in [7, 11) is 3.45. The second kappa shape index (κ2) is 10.4. The molecule has 1 unspecified atom stereocenters. The monoisotopic (exact) mass is 341 g/mol. The van der Waals surface area contributed by atoms with Gasteiger partial charge in [-0.05, 0) is 30.2 Å². The Labute approximate surface area is 150 Å². The number of rotatable bonds is 8. The smallest absolute Gasteiger partial charge is 0.191 e. The molecule has 0 heterocycles. The molecule has 1 atom stereocenters. The van der Waals surface area contributed by atoms with Crippen LogP contribution in [-0.2, 0) is 17.9 Å². The van der Waals surface area contributed by atoms with Crippen LogP contribution >= 0.6 is 0 Å². The van der Waals surface area contributed by atoms with Crippen molar-refractivity contribution in [2.45, 2.75) is 26.1 Å². The van der Waals surface area contributed by atoms with Gasteiger partial charge in [-0.1, -0.05) is 42.5 Å². The molecule has 0 aliphatic rings. The molecule has 0 fully saturated rings. The molecule has 2 aromatic carbocycles. The van der Waals surface area contributed by atoms with Gasteiger partial charge in [0, 0.05) is 26.7 Å². The molecule has 0 aromatic heterocycles. The summed E-state index contributed by atoms with van der Waals surface area (Å²) in [6.07, 6.45) is 0. The molecule has 2 aromatic rings. The first kappa shape index (κ1) is 18.8. The molecule has 0 aliphatic carbocycles. The predicted octanol–water partition coefficient (Wildman–Crippen LogP) is 2.97. The van der Waals surface area contributed by atoms with Gasteiger partial charge in [-0.15, -0.1) is 0 Å². The molecule has 0 radical (unpaired) electrons. The van der Waals surface area contributed by atoms with Gasteiger partial charge in [-0.25, -0.2) is 0 Å². The maximum Gasteiger partial charge on any atom is 0.191 e. The maximum absolute atomic E-state index is 5.76. The minimum Gasteiger partial charge on any atom is -0.489 e. The van der Waals surface area contributed by atoms with Crippen molar-refractivity contribution in [3.8, 4) is 5.75 Å². The lowest BCUT2D eigenvalue weighted by Gasteiger charge is -2.17. The Hall–Kier alpha value is -2.53. The topological polar surface area (TPSA) is 54.9 Å². The highest BCUT2D eigenvalue weighted by Gasteiger charge is 2.04. The highest BCUT2D eigenvalue weighted by Crippen LogP contribution is 2.12. The van der Waals surface area contributed by atoms with Crippen molar-refractivity contribution in [2.24, 2.45) is 4.99 Å². The second-order valence-corrected chi connectivity index (χ2v) is 5.84. The zero-order valence-electron chi connectivity index (χ0n) is 15.2. The van der Waals surface area contributed by atoms with Crippen LogP contribution in [-0.4, -0.2) is 32.8 Å². The lowest BCUT2D eigenvalue weighted by molar-refractivity contribution is 0.179. The van der Waals surface area contributed by atoms with Gasteiger partial charge < -0.3 is 20.1 Å². The zero-order valence-corrected chi connectivity index (χ0v) is 15.2. The number of methoxy groups -OCH3 is 1. The van der Waals surface area contributed by atoms with Crippen molar-refractivity contribution in [2.75, 3.05) is 20.8 Å². The van der Waals surface area contributed by atoms with Crippen LogP contribution < -0.4 is 15.4 Å². The van der Waals surface area contributed by atoms with Gasteiger partial charge in [-0.2, -0.15) is 0 Å². The first-order valence-electron chi connectivity index (χ1n) is 8.43. The molecular formula is C20H27N3O2. The summed E-state index contributed by atoms with van der Waals surface area (Å²) in [6, 6.07) is 18.4. The summed E-state index contributed by atoms with van der Waals surface area (Å²) in [6.45, 7) is 3.96. The van der Waals surface area contributed by atoms with Crippen LogP contribution in [0.3, 0.4) is 0 Å². The lowest BCUT2D eigenvalue weighted by Crippen LogP contribution is -2.43. The third-order valence-corrected chi connectivity index (χ3v) is 3.66. The van der Waals surface area contributed by atoms with E-state index in [1.807, 2.05) is 30.3 Å². The summed E-state index contributed by atoms with van der Waals surface area (Å²) in [4.78, 5) is 4.22. The average Bonchev–Trinajstić information content (AvgIpc) is 2.65. The molecule has 0 saturated carbocycles. The van der Waals surface area contributed by atoms with Crippen molar-refractivity contribution in [1.82, 2.24) is 10.6 Å². The Balaban J connectivity index is 1.79. The molecule has 25 heavy (non-hydrogen) atoms. The quantitative estimate of drug-likeness (QED) is 0.572. The van der Waals surface area contributed by atoms with E-state index in [1.165, 1.54) is 5.56 Å². The fourth-order valence-corrected chi connectivity index (χ4v) is 2.34. The number of hydrogen-bond donors (Lipinski definition) is 2. The van der Waals surface area contributed by atoms with Crippen molar-refractivity contribution in [3.63, 3.8) is 0 Å². The highest BCUT2D eigenvalue weighted by atomic mass is 16.5. The third-order valence-electron chi connectivity index (χ3n) is 3.66. The summed E-state index contributed by atoms with van der Waals surface area (Å²) in [5.41, 5.74) is 2.33. The number of benzene rings is 2. The molecule has 134 valence electrons. The fourth-order valence-electron chi connectivity index (χ4n) is 2.34. The SMILES string of the molecule is CN=C(NCc1ccc(COc2ccccc2)cc1)NC(C)COC. The number of para-hydroxylation sites is 1. The molecule has 2 N–H and O–H groups in total. The zero-order chi connectivity index (χ0) is 17.9. The van der Waals surface area contributed by atoms with Crippen molar-refractivity contribution in [3.05, 3.63) is 65.7 Å². The van der Waals surface area contributed by atoms with E-state index >= 15 is 0 Å². The Morgan fingerprint density at radius 2 is 1.72 bits per heavy atom. The highest BCUT2D eigenvalue weighted by molar-refractivity contribution is 5.79. The van der Waals surface area contributed by atoms with Gasteiger partial charge in [0.15, 0.2) is 5.96 Å². The molecule has 5 nitrogen and oxygen atoms in total. The molecule has 0 amide bonds. The van der Waals surface area contributed by atoms with E-state index in [9.17, 15) is 0 Å². The van der Waals surface area contributed by atoms with Crippen LogP contribution in [0.2, 0.25) is 0 Å². The number of nitrogens with zero attached hydrogens (tertiary/aromatic N) is 1. The van der Waals surface area contributed by atoms with E-state index in [2.05, 4.69) is 46.8 Å². The Kier molecular flexibility index (Phi) is 7.79. The van der Waals surface area contributed by atoms with E-state index in [0.717, 1.165) is 17.3 Å². The van der Waals surface area contributed by atoms with Gasteiger partial charge in [-0.3, -0.25) is 4.99 Å². The summed E-state index contributed by atoms with van der Waals surface area (Å²) in [5, 5.41) is 6.59. The third kappa shape index (κ3) is 6.85. The Bertz CT molecular complexity index is 642. The van der Waals surface area contributed by atoms with Crippen LogP contribution in [0.25, 0.3) is 0 Å². The Morgan fingerprint density at radius 3 is 2.36 bits per heavy atom. The molecule has 0 aliphatic heterocycles. The minimum atomic E-state index is 0.203. The van der Waals surface area contributed by atoms with Crippen LogP contribution in [0.4, 0.5) is 0 Å². The van der Waals surface area contributed by atoms with Crippen LogP contribution in [0, 0.1) is 0 Å². The van der Waals surface area contributed by atoms with Gasteiger partial charge in [0.25, 0.3) is 0 Å². The van der Waals surface area contributed by atoms with Crippen LogP contribution in [0.1, 0.15) is 18.1 Å². The van der Waals surface area contributed by atoms with E-state index in [-0.39, 0.29) is 6.04 Å². The lowest BCUT2D eigenvalue weighted by atomic mass is 10.1. The molecule has 5 heteroatoms. The average molecular weight is 341 g/mol. The normalized spacial score (nSPS) is 12.5. The second-order valence-electron chi connectivity index (χ2n) is 5.84. The van der Waals surface area contributed by atoms with Gasteiger partial charge in [0.1, 0.15) is 12.4 Å². The number of guanidine groups is 1. The number of ether oxygens (including phenoxy) is 2. The standard InChI is InChI=1S/C20H27N3O2/c1-16(14-24-3)23-20(21-2)22-13-17-9-11-18(12-10-17)15-25-19-7-5-4-6-8-19/h4-12,16H,13-15H2,1-3H3,(H2,21,22,23). The molecule has 0 bridgehead atoms. The predicted molar refractivity (Wildman–Crippen MR) is 102 cm³/mol. The summed E-state index contributed by atoms with van der Waals surface area (Å²) in [5.74, 6) is 1.65. The van der Waals surface area contributed by atoms with Crippen LogP contribution in [0.5, 0.6) is 5.75 Å². The summed E-state index contributed by atoms with van der Waals surface area (Å²) >= 11 is 0. The van der Waals surface area contributed by atoms with Crippen LogP contribution in [0.15, 0.2) is 59.6 Å². The summed E-state index contributed by atoms with van der Waals surface area (Å²) < 4.78 is 10.9. The number of hydrogen-bond acceptors (Lipinski definition) is 3. The molecular weight excluding hydrogens is 314 g/mol. The maximum atomic E-state index is 5.76. The van der Waals surface area contributed by atoms with Crippen molar-refractivity contribution in [1.29, 1.82) is 0 Å². The van der Waals surface area contributed by atoms with E-state index < -0.39 is 0 Å². The first-order chi connectivity index (χ1) is 12.2. The van der Waals surface area contributed by atoms with Gasteiger partial charge in [0.2, 0.25) is 0 Å². The molecule has 0 saturated heterocycles. The Morgan fingerprint density at radius 1 is 1.04 bits per heavy atom. The van der Waals surface area contributed by atoms with E-state index in [1.54, 1.807) is 14.2 Å². The molecule has 2 rings (SSSR count). The fraction of sp³-hybridized carbons (Fsp3) is 0.350. The number of nitrogens with one attached hydrogen (secondary N) is 2. The van der Waals surface area contributed by atoms with Crippen molar-refractivity contribution < 1.29 is 9.47 Å². The largest absolute Gasteiger partial charge is 0.489 e. The first-order valence-corrected chi connectivity index (χ1v) is 8.43. The molecule has 0 spiro atoms. The van der Waals surface area contributed by atoms with E-state index in [0.29, 0.717) is 19.8 Å². The van der Waals surface area contributed by atoms with Gasteiger partial charge in [0.05, 0.1) is 6.61 Å². The minimum absolute atomic E-state index is 0.203. The van der Waals surface area contributed by atoms with E-state index in [4.69, 9.17) is 9.47 Å². The van der Waals surface area contributed by atoms with Crippen molar-refractivity contribution >= 4 is 5.96 Å². The number of aliphatic imine (C=N–C) groups is 1.